The molecule has 0 aliphatic heterocycles. The first-order chi connectivity index (χ1) is 11.0. The first kappa shape index (κ1) is 15.4. The van der Waals surface area contributed by atoms with Gasteiger partial charge in [-0.2, -0.15) is 0 Å². The second-order valence-corrected chi connectivity index (χ2v) is 7.15. The molecule has 0 amide bonds. The number of hydrogen-bond donors (Lipinski definition) is 0. The third-order valence-corrected chi connectivity index (χ3v) is 5.58. The van der Waals surface area contributed by atoms with Gasteiger partial charge in [-0.3, -0.25) is 4.31 Å². The average Bonchev–Trinajstić information content (AvgIpc) is 2.60. The van der Waals surface area contributed by atoms with Gasteiger partial charge < -0.3 is 4.74 Å². The van der Waals surface area contributed by atoms with Crippen molar-refractivity contribution in [3.05, 3.63) is 66.7 Å². The molecule has 0 aliphatic carbocycles. The summed E-state index contributed by atoms with van der Waals surface area (Å²) in [7, 11) is -0.433. The summed E-state index contributed by atoms with van der Waals surface area (Å²) in [6, 6.07) is 19.7. The zero-order valence-electron chi connectivity index (χ0n) is 12.9. The van der Waals surface area contributed by atoms with Crippen LogP contribution in [0.2, 0.25) is 0 Å². The van der Waals surface area contributed by atoms with E-state index >= 15 is 0 Å². The maximum Gasteiger partial charge on any atom is 0.264 e. The van der Waals surface area contributed by atoms with Gasteiger partial charge in [0, 0.05) is 7.05 Å². The Bertz CT molecular complexity index is 937. The number of para-hydroxylation sites is 1. The molecule has 0 spiro atoms. The Hall–Kier alpha value is -2.53. The van der Waals surface area contributed by atoms with Crippen LogP contribution in [-0.4, -0.2) is 22.6 Å². The van der Waals surface area contributed by atoms with Gasteiger partial charge in [0.1, 0.15) is 5.75 Å². The molecule has 3 aromatic rings. The smallest absolute Gasteiger partial charge is 0.264 e. The highest BCUT2D eigenvalue weighted by Crippen LogP contribution is 2.26. The number of sulfonamides is 1. The predicted octanol–water partition coefficient (Wildman–Crippen LogP) is 3.67. The van der Waals surface area contributed by atoms with Crippen molar-refractivity contribution in [3.63, 3.8) is 0 Å². The average molecular weight is 327 g/mol. The van der Waals surface area contributed by atoms with Gasteiger partial charge in [0.05, 0.1) is 17.7 Å². The Balaban J connectivity index is 2.04. The van der Waals surface area contributed by atoms with Crippen LogP contribution in [0.3, 0.4) is 0 Å². The van der Waals surface area contributed by atoms with Crippen LogP contribution in [0.25, 0.3) is 10.8 Å². The number of benzene rings is 3. The van der Waals surface area contributed by atoms with E-state index in [1.807, 2.05) is 36.4 Å². The molecule has 0 aromatic heterocycles. The van der Waals surface area contributed by atoms with Crippen molar-refractivity contribution in [2.24, 2.45) is 0 Å². The third-order valence-electron chi connectivity index (χ3n) is 3.80. The summed E-state index contributed by atoms with van der Waals surface area (Å²) in [6.07, 6.45) is 0. The van der Waals surface area contributed by atoms with Crippen LogP contribution < -0.4 is 9.04 Å². The minimum Gasteiger partial charge on any atom is -0.497 e. The molecule has 3 rings (SSSR count). The predicted molar refractivity (Wildman–Crippen MR) is 92.5 cm³/mol. The Morgan fingerprint density at radius 1 is 0.870 bits per heavy atom. The fraction of sp³-hybridized carbons (Fsp3) is 0.111. The number of nitrogens with zero attached hydrogens (tertiary/aromatic N) is 1. The second-order valence-electron chi connectivity index (χ2n) is 5.18. The van der Waals surface area contributed by atoms with E-state index in [1.165, 1.54) is 4.31 Å². The first-order valence-electron chi connectivity index (χ1n) is 7.14. The number of methoxy groups -OCH3 is 1. The summed E-state index contributed by atoms with van der Waals surface area (Å²) in [5, 5.41) is 1.79. The standard InChI is InChI=1S/C18H17NO3S/c1-19(16-6-4-3-5-7-16)23(20,21)18-11-9-14-12-17(22-2)10-8-15(14)13-18/h3-13H,1-2H3. The lowest BCUT2D eigenvalue weighted by atomic mass is 10.1. The number of rotatable bonds is 4. The zero-order chi connectivity index (χ0) is 16.4. The normalized spacial score (nSPS) is 11.4. The van der Waals surface area contributed by atoms with Crippen LogP contribution in [0.5, 0.6) is 5.75 Å². The largest absolute Gasteiger partial charge is 0.497 e. The molecule has 0 N–H and O–H groups in total. The lowest BCUT2D eigenvalue weighted by Gasteiger charge is -2.19. The highest BCUT2D eigenvalue weighted by molar-refractivity contribution is 7.92. The zero-order valence-corrected chi connectivity index (χ0v) is 13.7. The molecule has 0 bridgehead atoms. The van der Waals surface area contributed by atoms with Crippen LogP contribution in [0.15, 0.2) is 71.6 Å². The van der Waals surface area contributed by atoms with E-state index in [0.717, 1.165) is 16.5 Å². The summed E-state index contributed by atoms with van der Waals surface area (Å²) < 4.78 is 32.1. The molecule has 0 saturated carbocycles. The van der Waals surface area contributed by atoms with Gasteiger partial charge in [-0.1, -0.05) is 30.3 Å². The van der Waals surface area contributed by atoms with Crippen LogP contribution in [-0.2, 0) is 10.0 Å². The molecule has 3 aromatic carbocycles. The Morgan fingerprint density at radius 2 is 1.52 bits per heavy atom. The molecule has 0 saturated heterocycles. The second kappa shape index (κ2) is 5.93. The van der Waals surface area contributed by atoms with E-state index in [9.17, 15) is 8.42 Å². The summed E-state index contributed by atoms with van der Waals surface area (Å²) in [6.45, 7) is 0. The highest BCUT2D eigenvalue weighted by Gasteiger charge is 2.21. The van der Waals surface area contributed by atoms with Crippen molar-refractivity contribution >= 4 is 26.5 Å². The highest BCUT2D eigenvalue weighted by atomic mass is 32.2. The van der Waals surface area contributed by atoms with E-state index in [4.69, 9.17) is 4.74 Å². The minimum absolute atomic E-state index is 0.265. The van der Waals surface area contributed by atoms with Gasteiger partial charge in [0.2, 0.25) is 0 Å². The number of ether oxygens (including phenoxy) is 1. The summed E-state index contributed by atoms with van der Waals surface area (Å²) in [5.74, 6) is 0.745. The van der Waals surface area contributed by atoms with Crippen LogP contribution in [0.4, 0.5) is 5.69 Å². The van der Waals surface area contributed by atoms with Gasteiger partial charge in [-0.05, 0) is 47.2 Å². The van der Waals surface area contributed by atoms with Crippen LogP contribution >= 0.6 is 0 Å². The molecule has 0 heterocycles. The van der Waals surface area contributed by atoms with E-state index in [0.29, 0.717) is 5.69 Å². The lowest BCUT2D eigenvalue weighted by Crippen LogP contribution is -2.26. The Labute approximate surface area is 136 Å². The van der Waals surface area contributed by atoms with Crippen molar-refractivity contribution in [1.82, 2.24) is 0 Å². The molecule has 0 aliphatic rings. The SMILES string of the molecule is COc1ccc2cc(S(=O)(=O)N(C)c3ccccc3)ccc2c1. The molecule has 0 atom stereocenters. The molecule has 0 fully saturated rings. The first-order valence-corrected chi connectivity index (χ1v) is 8.58. The molecule has 118 valence electrons. The van der Waals surface area contributed by atoms with Gasteiger partial charge in [0.15, 0.2) is 0 Å². The molecule has 0 radical (unpaired) electrons. The molecule has 0 unspecified atom stereocenters. The lowest BCUT2D eigenvalue weighted by molar-refractivity contribution is 0.415. The minimum atomic E-state index is -3.60. The van der Waals surface area contributed by atoms with E-state index < -0.39 is 10.0 Å². The monoisotopic (exact) mass is 327 g/mol. The maximum atomic E-state index is 12.8. The fourth-order valence-corrected chi connectivity index (χ4v) is 3.66. The maximum absolute atomic E-state index is 12.8. The third kappa shape index (κ3) is 2.87. The molecular formula is C18H17NO3S. The van der Waals surface area contributed by atoms with Crippen molar-refractivity contribution in [2.45, 2.75) is 4.90 Å². The van der Waals surface area contributed by atoms with Crippen LogP contribution in [0, 0.1) is 0 Å². The Kier molecular flexibility index (Phi) is 3.96. The van der Waals surface area contributed by atoms with Crippen molar-refractivity contribution in [2.75, 3.05) is 18.5 Å². The fourth-order valence-electron chi connectivity index (χ4n) is 2.42. The van der Waals surface area contributed by atoms with Crippen LogP contribution in [0.1, 0.15) is 0 Å². The number of fused-ring (bicyclic) bond motifs is 1. The van der Waals surface area contributed by atoms with Gasteiger partial charge in [-0.15, -0.1) is 0 Å². The summed E-state index contributed by atoms with van der Waals surface area (Å²) >= 11 is 0. The van der Waals surface area contributed by atoms with Crippen molar-refractivity contribution in [1.29, 1.82) is 0 Å². The Morgan fingerprint density at radius 3 is 2.22 bits per heavy atom. The molecule has 4 nitrogen and oxygen atoms in total. The topological polar surface area (TPSA) is 46.6 Å². The van der Waals surface area contributed by atoms with E-state index in [-0.39, 0.29) is 4.90 Å². The van der Waals surface area contributed by atoms with Gasteiger partial charge in [0.25, 0.3) is 10.0 Å². The molecular weight excluding hydrogens is 310 g/mol. The van der Waals surface area contributed by atoms with E-state index in [2.05, 4.69) is 0 Å². The quantitative estimate of drug-likeness (QED) is 0.734. The van der Waals surface area contributed by atoms with Crippen molar-refractivity contribution in [3.8, 4) is 5.75 Å². The van der Waals surface area contributed by atoms with Gasteiger partial charge >= 0.3 is 0 Å². The van der Waals surface area contributed by atoms with E-state index in [1.54, 1.807) is 44.5 Å². The summed E-state index contributed by atoms with van der Waals surface area (Å²) in [5.41, 5.74) is 0.627. The summed E-state index contributed by atoms with van der Waals surface area (Å²) in [4.78, 5) is 0.265. The number of anilines is 1. The van der Waals surface area contributed by atoms with Crippen molar-refractivity contribution < 1.29 is 13.2 Å². The number of hydrogen-bond acceptors (Lipinski definition) is 3. The molecule has 23 heavy (non-hydrogen) atoms. The molecule has 5 heteroatoms. The van der Waals surface area contributed by atoms with Gasteiger partial charge in [-0.25, -0.2) is 8.42 Å².